The van der Waals surface area contributed by atoms with E-state index in [-0.39, 0.29) is 6.85 Å². The van der Waals surface area contributed by atoms with Crippen molar-refractivity contribution in [2.24, 2.45) is 0 Å². The number of hydrogen-bond acceptors (Lipinski definition) is 1. The van der Waals surface area contributed by atoms with Crippen molar-refractivity contribution in [1.29, 1.82) is 0 Å². The Labute approximate surface area is 314 Å². The molecule has 3 aliphatic heterocycles. The minimum absolute atomic E-state index is 0.0185. The van der Waals surface area contributed by atoms with Crippen LogP contribution in [0.25, 0.3) is 54.5 Å². The first-order valence-electron chi connectivity index (χ1n) is 19.0. The molecule has 0 unspecified atom stereocenters. The van der Waals surface area contributed by atoms with E-state index >= 15 is 0 Å². The third-order valence-corrected chi connectivity index (χ3v) is 17.6. The Kier molecular flexibility index (Phi) is 5.50. The molecule has 2 nitrogen and oxygen atoms in total. The number of rotatable bonds is 2. The third kappa shape index (κ3) is 3.35. The van der Waals surface area contributed by atoms with Crippen LogP contribution < -0.4 is 36.6 Å². The van der Waals surface area contributed by atoms with Crippen molar-refractivity contribution in [3.63, 3.8) is 0 Å². The van der Waals surface area contributed by atoms with Gasteiger partial charge in [-0.25, -0.2) is 0 Å². The minimum atomic E-state index is -2.82. The molecule has 0 spiro atoms. The monoisotopic (exact) mass is 698 g/mol. The van der Waals surface area contributed by atoms with Crippen LogP contribution in [0, 0.1) is 0 Å². The Morgan fingerprint density at radius 3 is 1.85 bits per heavy atom. The number of anilines is 3. The average molecular weight is 699 g/mol. The molecule has 13 rings (SSSR count). The Morgan fingerprint density at radius 2 is 1.04 bits per heavy atom. The van der Waals surface area contributed by atoms with Gasteiger partial charge in [-0.1, -0.05) is 176 Å². The van der Waals surface area contributed by atoms with Gasteiger partial charge < -0.3 is 9.38 Å². The van der Waals surface area contributed by atoms with E-state index in [1.54, 1.807) is 0 Å². The molecule has 1 aromatic heterocycles. The van der Waals surface area contributed by atoms with Crippen molar-refractivity contribution < 1.29 is 0 Å². The standard InChI is InChI=1S/C50H31BN2Si/c1-3-17-34(18-4-1)54(35-19-5-2-6-20-35)44-27-12-11-26-43(44)52-49-37-22-10-8-16-33(37)31-41-39-24-13-23-38-40-30-29-32-15-7-9-21-36(32)47(40)53(48(38)39)51(46(41)49)42-25-14-28-45(54)50(42)52/h1-31H. The molecule has 0 N–H and O–H groups in total. The van der Waals surface area contributed by atoms with Gasteiger partial charge in [0.1, 0.15) is 0 Å². The lowest BCUT2D eigenvalue weighted by Gasteiger charge is -2.50. The smallest absolute Gasteiger partial charge is 0.333 e. The van der Waals surface area contributed by atoms with Gasteiger partial charge >= 0.3 is 6.85 Å². The highest BCUT2D eigenvalue weighted by atomic mass is 28.3. The SMILES string of the molecule is c1ccc([Si]2(c3ccccc3)c3ccccc3N3c4c(cccc42)B2c4c(cc5ccccc5c43)-c3cccc4c5ccc6ccccc6c5n2c34)cc1. The zero-order chi connectivity index (χ0) is 35.1. The summed E-state index contributed by atoms with van der Waals surface area (Å²) < 4.78 is 2.74. The minimum Gasteiger partial charge on any atom is -0.375 e. The molecule has 0 saturated carbocycles. The maximum atomic E-state index is 2.74. The number of nitrogens with zero attached hydrogens (tertiary/aromatic N) is 2. The van der Waals surface area contributed by atoms with Gasteiger partial charge in [-0.05, 0) is 60.1 Å². The zero-order valence-electron chi connectivity index (χ0n) is 29.4. The summed E-state index contributed by atoms with van der Waals surface area (Å²) in [5.74, 6) is 0. The molecule has 0 radical (unpaired) electrons. The lowest BCUT2D eigenvalue weighted by atomic mass is 9.44. The van der Waals surface area contributed by atoms with Crippen LogP contribution in [0.4, 0.5) is 17.1 Å². The van der Waals surface area contributed by atoms with Crippen LogP contribution in [-0.4, -0.2) is 19.4 Å². The van der Waals surface area contributed by atoms with Gasteiger partial charge in [-0.15, -0.1) is 0 Å². The molecule has 0 saturated heterocycles. The van der Waals surface area contributed by atoms with Gasteiger partial charge in [0.05, 0.1) is 5.69 Å². The molecule has 4 heterocycles. The molecule has 0 fully saturated rings. The second kappa shape index (κ2) is 10.3. The molecular weight excluding hydrogens is 667 g/mol. The van der Waals surface area contributed by atoms with Crippen LogP contribution in [0.2, 0.25) is 0 Å². The Morgan fingerprint density at radius 1 is 0.407 bits per heavy atom. The average Bonchev–Trinajstić information content (AvgIpc) is 3.59. The molecule has 0 bridgehead atoms. The van der Waals surface area contributed by atoms with Crippen molar-refractivity contribution in [2.75, 3.05) is 4.90 Å². The quantitative estimate of drug-likeness (QED) is 0.165. The number of hydrogen-bond donors (Lipinski definition) is 0. The molecule has 0 atom stereocenters. The lowest BCUT2D eigenvalue weighted by molar-refractivity contribution is 1.27. The summed E-state index contributed by atoms with van der Waals surface area (Å²) in [6.45, 7) is -0.0185. The maximum absolute atomic E-state index is 2.82. The highest BCUT2D eigenvalue weighted by Crippen LogP contribution is 2.49. The summed E-state index contributed by atoms with van der Waals surface area (Å²) in [6, 6.07) is 71.6. The molecule has 3 aliphatic rings. The van der Waals surface area contributed by atoms with Crippen LogP contribution in [0.1, 0.15) is 0 Å². The fourth-order valence-electron chi connectivity index (χ4n) is 10.8. The summed E-state index contributed by atoms with van der Waals surface area (Å²) in [5, 5.41) is 13.5. The topological polar surface area (TPSA) is 8.17 Å². The fraction of sp³-hybridized carbons (Fsp3) is 0. The van der Waals surface area contributed by atoms with E-state index in [0.717, 1.165) is 0 Å². The Bertz CT molecular complexity index is 3200. The maximum Gasteiger partial charge on any atom is 0.333 e. The van der Waals surface area contributed by atoms with E-state index in [0.29, 0.717) is 0 Å². The van der Waals surface area contributed by atoms with Crippen molar-refractivity contribution >= 4 is 107 Å². The van der Waals surface area contributed by atoms with Crippen LogP contribution in [0.5, 0.6) is 0 Å². The molecule has 248 valence electrons. The second-order valence-corrected chi connectivity index (χ2v) is 18.9. The summed E-state index contributed by atoms with van der Waals surface area (Å²) in [7, 11) is -2.82. The largest absolute Gasteiger partial charge is 0.375 e. The second-order valence-electron chi connectivity index (χ2n) is 15.1. The number of aromatic nitrogens is 1. The fourth-order valence-corrected chi connectivity index (χ4v) is 16.0. The summed E-state index contributed by atoms with van der Waals surface area (Å²) in [5.41, 5.74) is 12.0. The highest BCUT2D eigenvalue weighted by molar-refractivity contribution is 7.21. The first kappa shape index (κ1) is 28.9. The predicted molar refractivity (Wildman–Crippen MR) is 232 cm³/mol. The van der Waals surface area contributed by atoms with Crippen LogP contribution >= 0.6 is 0 Å². The molecule has 0 aliphatic carbocycles. The normalized spacial score (nSPS) is 14.4. The molecule has 9 aromatic carbocycles. The Balaban J connectivity index is 1.28. The molecule has 54 heavy (non-hydrogen) atoms. The van der Waals surface area contributed by atoms with Gasteiger partial charge in [-0.2, -0.15) is 0 Å². The zero-order valence-corrected chi connectivity index (χ0v) is 30.4. The van der Waals surface area contributed by atoms with E-state index < -0.39 is 8.07 Å². The van der Waals surface area contributed by atoms with Crippen molar-refractivity contribution in [3.05, 3.63) is 188 Å². The Hall–Kier alpha value is -6.62. The van der Waals surface area contributed by atoms with Crippen LogP contribution in [0.3, 0.4) is 0 Å². The number of para-hydroxylation sites is 3. The van der Waals surface area contributed by atoms with E-state index in [4.69, 9.17) is 0 Å². The van der Waals surface area contributed by atoms with Gasteiger partial charge in [0.2, 0.25) is 0 Å². The van der Waals surface area contributed by atoms with Crippen LogP contribution in [-0.2, 0) is 0 Å². The number of fused-ring (bicyclic) bond motifs is 13. The number of benzene rings is 9. The molecule has 10 aromatic rings. The first-order chi connectivity index (χ1) is 26.8. The van der Waals surface area contributed by atoms with Gasteiger partial charge in [0.25, 0.3) is 0 Å². The highest BCUT2D eigenvalue weighted by Gasteiger charge is 2.53. The van der Waals surface area contributed by atoms with Crippen molar-refractivity contribution in [2.45, 2.75) is 0 Å². The van der Waals surface area contributed by atoms with E-state index in [2.05, 4.69) is 197 Å². The van der Waals surface area contributed by atoms with Gasteiger partial charge in [0, 0.05) is 49.5 Å². The van der Waals surface area contributed by atoms with Crippen LogP contribution in [0.15, 0.2) is 188 Å². The van der Waals surface area contributed by atoms with E-state index in [1.807, 2.05) is 0 Å². The van der Waals surface area contributed by atoms with E-state index in [9.17, 15) is 0 Å². The predicted octanol–water partition coefficient (Wildman–Crippen LogP) is 8.21. The van der Waals surface area contributed by atoms with E-state index in [1.165, 1.54) is 103 Å². The van der Waals surface area contributed by atoms with Gasteiger partial charge in [0.15, 0.2) is 8.07 Å². The van der Waals surface area contributed by atoms with Crippen molar-refractivity contribution in [3.8, 4) is 11.1 Å². The summed E-state index contributed by atoms with van der Waals surface area (Å²) >= 11 is 0. The third-order valence-electron chi connectivity index (χ3n) is 12.8. The van der Waals surface area contributed by atoms with Crippen molar-refractivity contribution in [1.82, 2.24) is 4.48 Å². The molecule has 4 heteroatoms. The summed E-state index contributed by atoms with van der Waals surface area (Å²) in [6.07, 6.45) is 0. The first-order valence-corrected chi connectivity index (χ1v) is 21.0. The molecule has 0 amide bonds. The lowest BCUT2D eigenvalue weighted by Crippen LogP contribution is -2.78. The summed E-state index contributed by atoms with van der Waals surface area (Å²) in [4.78, 5) is 2.68. The van der Waals surface area contributed by atoms with Gasteiger partial charge in [-0.3, -0.25) is 0 Å². The molecular formula is C50H31BN2Si.